The van der Waals surface area contributed by atoms with Gasteiger partial charge in [0.1, 0.15) is 0 Å². The molecule has 0 saturated heterocycles. The lowest BCUT2D eigenvalue weighted by molar-refractivity contribution is 1.01. The van der Waals surface area contributed by atoms with Crippen molar-refractivity contribution in [3.05, 3.63) is 28.3 Å². The van der Waals surface area contributed by atoms with Crippen molar-refractivity contribution in [1.82, 2.24) is 15.2 Å². The van der Waals surface area contributed by atoms with Crippen molar-refractivity contribution < 1.29 is 0 Å². The molecule has 0 spiro atoms. The zero-order chi connectivity index (χ0) is 7.84. The molecule has 0 aliphatic heterocycles. The normalized spacial score (nSPS) is 10.6. The van der Waals surface area contributed by atoms with Gasteiger partial charge in [-0.1, -0.05) is 0 Å². The predicted molar refractivity (Wildman–Crippen MR) is 41.5 cm³/mol. The molecule has 0 aromatic carbocycles. The van der Waals surface area contributed by atoms with E-state index in [-0.39, 0.29) is 5.56 Å². The average molecular weight is 149 g/mol. The molecule has 0 bridgehead atoms. The first-order valence-corrected chi connectivity index (χ1v) is 3.30. The number of hydrogen-bond acceptors (Lipinski definition) is 2. The van der Waals surface area contributed by atoms with Crippen molar-refractivity contribution >= 4 is 10.9 Å². The first-order chi connectivity index (χ1) is 5.29. The van der Waals surface area contributed by atoms with E-state index in [1.165, 1.54) is 0 Å². The molecule has 0 amide bonds. The second-order valence-electron chi connectivity index (χ2n) is 2.46. The minimum absolute atomic E-state index is 0.138. The second kappa shape index (κ2) is 1.95. The van der Waals surface area contributed by atoms with Gasteiger partial charge in [0, 0.05) is 6.20 Å². The summed E-state index contributed by atoms with van der Waals surface area (Å²) in [4.78, 5) is 14.1. The topological polar surface area (TPSA) is 61.5 Å². The fourth-order valence-corrected chi connectivity index (χ4v) is 1.16. The van der Waals surface area contributed by atoms with Crippen LogP contribution in [0, 0.1) is 6.92 Å². The molecule has 4 nitrogen and oxygen atoms in total. The van der Waals surface area contributed by atoms with Gasteiger partial charge in [-0.25, -0.2) is 5.10 Å². The van der Waals surface area contributed by atoms with E-state index >= 15 is 0 Å². The molecule has 0 atom stereocenters. The van der Waals surface area contributed by atoms with Gasteiger partial charge in [0.2, 0.25) is 0 Å². The average Bonchev–Trinajstić information content (AvgIpc) is 2.34. The van der Waals surface area contributed by atoms with E-state index in [0.717, 1.165) is 11.1 Å². The van der Waals surface area contributed by atoms with E-state index in [1.807, 2.05) is 6.92 Å². The molecule has 4 heteroatoms. The lowest BCUT2D eigenvalue weighted by Crippen LogP contribution is -2.06. The predicted octanol–water partition coefficient (Wildman–Crippen LogP) is 0.560. The Morgan fingerprint density at radius 1 is 1.55 bits per heavy atom. The van der Waals surface area contributed by atoms with Crippen LogP contribution in [0.25, 0.3) is 10.9 Å². The monoisotopic (exact) mass is 149 g/mol. The zero-order valence-corrected chi connectivity index (χ0v) is 6.01. The van der Waals surface area contributed by atoms with Gasteiger partial charge in [0.05, 0.1) is 17.1 Å². The number of nitrogens with zero attached hydrogens (tertiary/aromatic N) is 1. The lowest BCUT2D eigenvalue weighted by atomic mass is 10.2. The van der Waals surface area contributed by atoms with Crippen LogP contribution in [-0.4, -0.2) is 15.2 Å². The maximum Gasteiger partial charge on any atom is 0.273 e. The van der Waals surface area contributed by atoms with Gasteiger partial charge in [-0.3, -0.25) is 4.79 Å². The quantitative estimate of drug-likeness (QED) is 0.574. The Hall–Kier alpha value is -1.58. The van der Waals surface area contributed by atoms with E-state index in [0.29, 0.717) is 5.39 Å². The van der Waals surface area contributed by atoms with E-state index in [4.69, 9.17) is 0 Å². The maximum absolute atomic E-state index is 11.1. The second-order valence-corrected chi connectivity index (χ2v) is 2.46. The summed E-state index contributed by atoms with van der Waals surface area (Å²) in [6, 6.07) is 0. The van der Waals surface area contributed by atoms with E-state index < -0.39 is 0 Å². The molecule has 0 aliphatic carbocycles. The number of aromatic amines is 2. The highest BCUT2D eigenvalue weighted by atomic mass is 16.1. The number of fused-ring (bicyclic) bond motifs is 1. The number of H-pyrrole nitrogens is 2. The summed E-state index contributed by atoms with van der Waals surface area (Å²) in [7, 11) is 0. The molecule has 0 fully saturated rings. The Kier molecular flexibility index (Phi) is 1.09. The smallest absolute Gasteiger partial charge is 0.273 e. The molecule has 2 aromatic rings. The van der Waals surface area contributed by atoms with Gasteiger partial charge in [-0.05, 0) is 12.5 Å². The van der Waals surface area contributed by atoms with Crippen LogP contribution in [0.2, 0.25) is 0 Å². The van der Waals surface area contributed by atoms with Crippen molar-refractivity contribution in [1.29, 1.82) is 0 Å². The Morgan fingerprint density at radius 2 is 2.36 bits per heavy atom. The fraction of sp³-hybridized carbons (Fsp3) is 0.143. The SMILES string of the molecule is Cc1c[nH]c2cn[nH]c(=O)c12. The van der Waals surface area contributed by atoms with Crippen LogP contribution in [0.1, 0.15) is 5.56 Å². The summed E-state index contributed by atoms with van der Waals surface area (Å²) in [5.74, 6) is 0. The van der Waals surface area contributed by atoms with Crippen LogP contribution in [0.5, 0.6) is 0 Å². The highest BCUT2D eigenvalue weighted by molar-refractivity contribution is 5.80. The summed E-state index contributed by atoms with van der Waals surface area (Å²) < 4.78 is 0. The number of rotatable bonds is 0. The number of aromatic nitrogens is 3. The summed E-state index contributed by atoms with van der Waals surface area (Å²) in [5.41, 5.74) is 1.59. The van der Waals surface area contributed by atoms with Gasteiger partial charge in [-0.15, -0.1) is 0 Å². The molecule has 2 rings (SSSR count). The van der Waals surface area contributed by atoms with Crippen LogP contribution < -0.4 is 5.56 Å². The molecule has 56 valence electrons. The van der Waals surface area contributed by atoms with Crippen LogP contribution in [0.3, 0.4) is 0 Å². The zero-order valence-electron chi connectivity index (χ0n) is 6.01. The maximum atomic E-state index is 11.1. The van der Waals surface area contributed by atoms with Crippen molar-refractivity contribution in [2.24, 2.45) is 0 Å². The van der Waals surface area contributed by atoms with Crippen LogP contribution in [0.15, 0.2) is 17.2 Å². The Labute approximate surface area is 62.3 Å². The standard InChI is InChI=1S/C7H7N3O/c1-4-2-8-5-3-9-10-7(11)6(4)5/h2-3,8H,1H3,(H,10,11). The van der Waals surface area contributed by atoms with Crippen molar-refractivity contribution in [2.75, 3.05) is 0 Å². The molecule has 0 aliphatic rings. The summed E-state index contributed by atoms with van der Waals surface area (Å²) in [6.45, 7) is 1.88. The summed E-state index contributed by atoms with van der Waals surface area (Å²) >= 11 is 0. The molecule has 11 heavy (non-hydrogen) atoms. The summed E-state index contributed by atoms with van der Waals surface area (Å²) in [6.07, 6.45) is 3.39. The van der Waals surface area contributed by atoms with Crippen LogP contribution in [-0.2, 0) is 0 Å². The number of aryl methyl sites for hydroxylation is 1. The van der Waals surface area contributed by atoms with Gasteiger partial charge in [0.15, 0.2) is 0 Å². The molecule has 2 N–H and O–H groups in total. The van der Waals surface area contributed by atoms with Gasteiger partial charge in [-0.2, -0.15) is 5.10 Å². The van der Waals surface area contributed by atoms with Crippen LogP contribution >= 0.6 is 0 Å². The van der Waals surface area contributed by atoms with Crippen LogP contribution in [0.4, 0.5) is 0 Å². The first kappa shape index (κ1) is 6.15. The molecule has 0 radical (unpaired) electrons. The number of nitrogens with one attached hydrogen (secondary N) is 2. The van der Waals surface area contributed by atoms with Crippen molar-refractivity contribution in [3.63, 3.8) is 0 Å². The highest BCUT2D eigenvalue weighted by Crippen LogP contribution is 2.09. The largest absolute Gasteiger partial charge is 0.359 e. The molecular formula is C7H7N3O. The Bertz CT molecular complexity index is 440. The molecular weight excluding hydrogens is 142 g/mol. The van der Waals surface area contributed by atoms with E-state index in [1.54, 1.807) is 12.4 Å². The third-order valence-electron chi connectivity index (χ3n) is 1.69. The summed E-state index contributed by atoms with van der Waals surface area (Å²) in [5, 5.41) is 6.73. The number of hydrogen-bond donors (Lipinski definition) is 2. The Balaban J connectivity index is 3.08. The Morgan fingerprint density at radius 3 is 3.09 bits per heavy atom. The molecule has 0 saturated carbocycles. The van der Waals surface area contributed by atoms with Gasteiger partial charge in [0.25, 0.3) is 5.56 Å². The van der Waals surface area contributed by atoms with Gasteiger partial charge >= 0.3 is 0 Å². The third-order valence-corrected chi connectivity index (χ3v) is 1.69. The molecule has 0 unspecified atom stereocenters. The van der Waals surface area contributed by atoms with Crippen molar-refractivity contribution in [2.45, 2.75) is 6.92 Å². The molecule has 2 aromatic heterocycles. The lowest BCUT2D eigenvalue weighted by Gasteiger charge is -1.86. The minimum Gasteiger partial charge on any atom is -0.359 e. The first-order valence-electron chi connectivity index (χ1n) is 3.30. The third kappa shape index (κ3) is 0.756. The van der Waals surface area contributed by atoms with E-state index in [9.17, 15) is 4.79 Å². The van der Waals surface area contributed by atoms with E-state index in [2.05, 4.69) is 15.2 Å². The molecule has 2 heterocycles. The fourth-order valence-electron chi connectivity index (χ4n) is 1.16. The minimum atomic E-state index is -0.138. The highest BCUT2D eigenvalue weighted by Gasteiger charge is 2.01. The van der Waals surface area contributed by atoms with Gasteiger partial charge < -0.3 is 4.98 Å². The van der Waals surface area contributed by atoms with Crippen molar-refractivity contribution in [3.8, 4) is 0 Å².